The fourth-order valence-electron chi connectivity index (χ4n) is 1.22. The molecule has 0 radical (unpaired) electrons. The van der Waals surface area contributed by atoms with E-state index in [-0.39, 0.29) is 18.0 Å². The normalized spacial score (nSPS) is 10.3. The van der Waals surface area contributed by atoms with Gasteiger partial charge in [-0.15, -0.1) is 10.2 Å². The van der Waals surface area contributed by atoms with Crippen molar-refractivity contribution in [2.45, 2.75) is 6.61 Å². The Kier molecular flexibility index (Phi) is 3.58. The highest BCUT2D eigenvalue weighted by atomic mass is 35.5. The van der Waals surface area contributed by atoms with Crippen LogP contribution >= 0.6 is 22.9 Å². The molecule has 18 heavy (non-hydrogen) atoms. The zero-order chi connectivity index (χ0) is 13.1. The Hall–Kier alpha value is -1.93. The predicted molar refractivity (Wildman–Crippen MR) is 66.8 cm³/mol. The number of nitrogens with two attached hydrogens (primary N) is 1. The lowest BCUT2D eigenvalue weighted by molar-refractivity contribution is -0.385. The molecule has 0 fully saturated rings. The van der Waals surface area contributed by atoms with Gasteiger partial charge in [-0.1, -0.05) is 22.9 Å². The minimum atomic E-state index is -0.542. The van der Waals surface area contributed by atoms with Crippen LogP contribution in [0.25, 0.3) is 0 Å². The second-order valence-electron chi connectivity index (χ2n) is 3.19. The molecule has 1 aromatic carbocycles. The number of nitro benzene ring substituents is 1. The van der Waals surface area contributed by atoms with Crippen molar-refractivity contribution in [3.63, 3.8) is 0 Å². The van der Waals surface area contributed by atoms with E-state index in [9.17, 15) is 10.1 Å². The van der Waals surface area contributed by atoms with Crippen LogP contribution in [0.15, 0.2) is 18.2 Å². The number of ether oxygens (including phenoxy) is 1. The van der Waals surface area contributed by atoms with Crippen LogP contribution in [-0.4, -0.2) is 15.1 Å². The molecular formula is C9H7ClN4O3S. The molecule has 2 N–H and O–H groups in total. The van der Waals surface area contributed by atoms with Crippen LogP contribution in [0, 0.1) is 10.1 Å². The summed E-state index contributed by atoms with van der Waals surface area (Å²) in [7, 11) is 0. The molecule has 0 atom stereocenters. The summed E-state index contributed by atoms with van der Waals surface area (Å²) in [6, 6.07) is 4.09. The maximum absolute atomic E-state index is 10.8. The molecule has 0 saturated heterocycles. The number of hydrogen-bond acceptors (Lipinski definition) is 7. The molecule has 0 unspecified atom stereocenters. The molecular weight excluding hydrogens is 280 g/mol. The molecule has 0 saturated carbocycles. The summed E-state index contributed by atoms with van der Waals surface area (Å²) in [6.45, 7) is 0.0516. The summed E-state index contributed by atoms with van der Waals surface area (Å²) in [4.78, 5) is 10.2. The maximum Gasteiger partial charge on any atom is 0.311 e. The van der Waals surface area contributed by atoms with Crippen LogP contribution < -0.4 is 10.5 Å². The van der Waals surface area contributed by atoms with E-state index in [1.165, 1.54) is 18.2 Å². The van der Waals surface area contributed by atoms with Gasteiger partial charge in [0.2, 0.25) is 5.13 Å². The van der Waals surface area contributed by atoms with E-state index in [4.69, 9.17) is 22.1 Å². The highest BCUT2D eigenvalue weighted by Crippen LogP contribution is 2.30. The minimum absolute atomic E-state index is 0.0516. The molecule has 2 rings (SSSR count). The number of halogens is 1. The first-order valence-corrected chi connectivity index (χ1v) is 5.90. The summed E-state index contributed by atoms with van der Waals surface area (Å²) < 4.78 is 5.30. The number of aromatic nitrogens is 2. The van der Waals surface area contributed by atoms with Crippen molar-refractivity contribution in [2.24, 2.45) is 0 Å². The lowest BCUT2D eigenvalue weighted by Crippen LogP contribution is -1.98. The molecule has 0 aliphatic heterocycles. The standard InChI is InChI=1S/C9H7ClN4O3S/c10-5-1-2-6(14(15)16)7(3-5)17-4-8-12-13-9(11)18-8/h1-3H,4H2,(H2,11,13). The molecule has 9 heteroatoms. The average Bonchev–Trinajstić information content (AvgIpc) is 2.72. The van der Waals surface area contributed by atoms with E-state index in [0.717, 1.165) is 11.3 Å². The first-order chi connectivity index (χ1) is 8.56. The summed E-state index contributed by atoms with van der Waals surface area (Å²) in [5.41, 5.74) is 5.25. The first kappa shape index (κ1) is 12.5. The minimum Gasteiger partial charge on any atom is -0.479 e. The van der Waals surface area contributed by atoms with Gasteiger partial charge in [0, 0.05) is 17.2 Å². The number of nitrogens with zero attached hydrogens (tertiary/aromatic N) is 3. The quantitative estimate of drug-likeness (QED) is 0.683. The van der Waals surface area contributed by atoms with Crippen molar-refractivity contribution in [1.82, 2.24) is 10.2 Å². The molecule has 1 heterocycles. The summed E-state index contributed by atoms with van der Waals surface area (Å²) >= 11 is 6.91. The summed E-state index contributed by atoms with van der Waals surface area (Å²) in [5, 5.41) is 19.3. The first-order valence-electron chi connectivity index (χ1n) is 4.71. The summed E-state index contributed by atoms with van der Waals surface area (Å²) in [6.07, 6.45) is 0. The van der Waals surface area contributed by atoms with Crippen molar-refractivity contribution in [1.29, 1.82) is 0 Å². The lowest BCUT2D eigenvalue weighted by atomic mass is 10.3. The molecule has 0 amide bonds. The van der Waals surface area contributed by atoms with Gasteiger partial charge in [0.25, 0.3) is 0 Å². The number of nitrogen functional groups attached to an aromatic ring is 1. The number of anilines is 1. The highest BCUT2D eigenvalue weighted by molar-refractivity contribution is 7.15. The molecule has 0 bridgehead atoms. The van der Waals surface area contributed by atoms with Crippen molar-refractivity contribution in [3.8, 4) is 5.75 Å². The third-order valence-corrected chi connectivity index (χ3v) is 2.91. The molecule has 0 spiro atoms. The Morgan fingerprint density at radius 2 is 2.28 bits per heavy atom. The fraction of sp³-hybridized carbons (Fsp3) is 0.111. The van der Waals surface area contributed by atoms with E-state index in [1.807, 2.05) is 0 Å². The van der Waals surface area contributed by atoms with Crippen molar-refractivity contribution >= 4 is 33.8 Å². The number of benzene rings is 1. The van der Waals surface area contributed by atoms with Gasteiger partial charge in [-0.25, -0.2) is 0 Å². The molecule has 94 valence electrons. The van der Waals surface area contributed by atoms with Crippen LogP contribution in [-0.2, 0) is 6.61 Å². The van der Waals surface area contributed by atoms with Crippen molar-refractivity contribution < 1.29 is 9.66 Å². The van der Waals surface area contributed by atoms with E-state index in [2.05, 4.69) is 10.2 Å². The Bertz CT molecular complexity index is 589. The SMILES string of the molecule is Nc1nnc(COc2cc(Cl)ccc2[N+](=O)[O-])s1. The third kappa shape index (κ3) is 2.84. The monoisotopic (exact) mass is 286 g/mol. The lowest BCUT2D eigenvalue weighted by Gasteiger charge is -2.04. The number of hydrogen-bond donors (Lipinski definition) is 1. The van der Waals surface area contributed by atoms with E-state index in [0.29, 0.717) is 15.2 Å². The smallest absolute Gasteiger partial charge is 0.311 e. The van der Waals surface area contributed by atoms with Crippen molar-refractivity contribution in [2.75, 3.05) is 5.73 Å². The van der Waals surface area contributed by atoms with E-state index < -0.39 is 4.92 Å². The van der Waals surface area contributed by atoms with Crippen LogP contribution in [0.3, 0.4) is 0 Å². The Balaban J connectivity index is 2.17. The zero-order valence-electron chi connectivity index (χ0n) is 8.87. The van der Waals surface area contributed by atoms with E-state index >= 15 is 0 Å². The molecule has 2 aromatic rings. The Labute approximate surface area is 110 Å². The topological polar surface area (TPSA) is 104 Å². The van der Waals surface area contributed by atoms with Gasteiger partial charge in [-0.2, -0.15) is 0 Å². The van der Waals surface area contributed by atoms with Gasteiger partial charge in [0.15, 0.2) is 10.8 Å². The van der Waals surface area contributed by atoms with Gasteiger partial charge in [0.1, 0.15) is 6.61 Å². The number of rotatable bonds is 4. The maximum atomic E-state index is 10.8. The van der Waals surface area contributed by atoms with E-state index in [1.54, 1.807) is 0 Å². The van der Waals surface area contributed by atoms with Gasteiger partial charge < -0.3 is 10.5 Å². The molecule has 7 nitrogen and oxygen atoms in total. The largest absolute Gasteiger partial charge is 0.479 e. The van der Waals surface area contributed by atoms with Crippen LogP contribution in [0.2, 0.25) is 5.02 Å². The second kappa shape index (κ2) is 5.15. The van der Waals surface area contributed by atoms with Gasteiger partial charge in [0.05, 0.1) is 4.92 Å². The second-order valence-corrected chi connectivity index (χ2v) is 4.72. The van der Waals surface area contributed by atoms with Gasteiger partial charge in [-0.3, -0.25) is 10.1 Å². The molecule has 0 aliphatic rings. The van der Waals surface area contributed by atoms with Crippen LogP contribution in [0.5, 0.6) is 5.75 Å². The van der Waals surface area contributed by atoms with Crippen LogP contribution in [0.4, 0.5) is 10.8 Å². The third-order valence-electron chi connectivity index (χ3n) is 1.95. The Morgan fingerprint density at radius 1 is 1.50 bits per heavy atom. The van der Waals surface area contributed by atoms with Crippen molar-refractivity contribution in [3.05, 3.63) is 38.3 Å². The van der Waals surface area contributed by atoms with Gasteiger partial charge in [-0.05, 0) is 6.07 Å². The highest BCUT2D eigenvalue weighted by Gasteiger charge is 2.16. The molecule has 1 aromatic heterocycles. The molecule has 0 aliphatic carbocycles. The predicted octanol–water partition coefficient (Wildman–Crippen LogP) is 2.26. The van der Waals surface area contributed by atoms with Gasteiger partial charge >= 0.3 is 5.69 Å². The average molecular weight is 287 g/mol. The Morgan fingerprint density at radius 3 is 2.89 bits per heavy atom. The fourth-order valence-corrected chi connectivity index (χ4v) is 1.90. The number of nitro groups is 1. The summed E-state index contributed by atoms with van der Waals surface area (Å²) in [5.74, 6) is 0.0845. The zero-order valence-corrected chi connectivity index (χ0v) is 10.4. The van der Waals surface area contributed by atoms with Crippen LogP contribution in [0.1, 0.15) is 5.01 Å².